The van der Waals surface area contributed by atoms with Crippen LogP contribution in [0.2, 0.25) is 0 Å². The van der Waals surface area contributed by atoms with Crippen LogP contribution in [0.15, 0.2) is 18.2 Å². The Morgan fingerprint density at radius 1 is 1.17 bits per heavy atom. The van der Waals surface area contributed by atoms with Gasteiger partial charge in [-0.1, -0.05) is 6.07 Å². The molecule has 0 spiro atoms. The Balaban J connectivity index is 1.51. The Labute approximate surface area is 180 Å². The van der Waals surface area contributed by atoms with E-state index in [1.54, 1.807) is 0 Å². The quantitative estimate of drug-likeness (QED) is 0.714. The number of hydrogen-bond donors (Lipinski definition) is 3. The van der Waals surface area contributed by atoms with E-state index in [4.69, 9.17) is 0 Å². The zero-order valence-corrected chi connectivity index (χ0v) is 18.7. The molecule has 6 atom stereocenters. The number of carbonyl (C=O) groups excluding carboxylic acids is 2. The van der Waals surface area contributed by atoms with Gasteiger partial charge in [-0.15, -0.1) is 0 Å². The van der Waals surface area contributed by atoms with Crippen LogP contribution in [0, 0.1) is 12.8 Å². The first-order chi connectivity index (χ1) is 14.3. The lowest BCUT2D eigenvalue weighted by Gasteiger charge is -2.47. The summed E-state index contributed by atoms with van der Waals surface area (Å²) in [6.45, 7) is 7.34. The molecule has 6 unspecified atom stereocenters. The average Bonchev–Trinajstić information content (AvgIpc) is 2.72. The molecule has 6 nitrogen and oxygen atoms in total. The second-order valence-corrected chi connectivity index (χ2v) is 9.72. The van der Waals surface area contributed by atoms with E-state index in [-0.39, 0.29) is 23.8 Å². The van der Waals surface area contributed by atoms with Crippen LogP contribution in [0.25, 0.3) is 0 Å². The molecular weight excluding hydrogens is 376 g/mol. The summed E-state index contributed by atoms with van der Waals surface area (Å²) in [4.78, 5) is 28.0. The molecule has 0 aliphatic carbocycles. The average molecular weight is 413 g/mol. The van der Waals surface area contributed by atoms with Gasteiger partial charge in [-0.25, -0.2) is 0 Å². The molecule has 0 bridgehead atoms. The van der Waals surface area contributed by atoms with E-state index < -0.39 is 0 Å². The summed E-state index contributed by atoms with van der Waals surface area (Å²) in [7, 11) is 1.96. The second kappa shape index (κ2) is 8.67. The standard InChI is InChI=1S/C24H36N4O2/c1-14-8-9-18(27-23(29)21-7-5-6-15(2)26-21)12-19(14)20-11-17-13-25-16(3)10-22(17)28(4)24(20)30/h8-9,12,15-17,20-22,25-26H,5-7,10-11,13H2,1-4H3,(H,27,29). The molecule has 3 heterocycles. The lowest BCUT2D eigenvalue weighted by molar-refractivity contribution is -0.140. The third-order valence-electron chi connectivity index (χ3n) is 7.40. The molecule has 3 N–H and O–H groups in total. The third kappa shape index (κ3) is 4.26. The highest BCUT2D eigenvalue weighted by atomic mass is 16.2. The molecule has 0 saturated carbocycles. The Morgan fingerprint density at radius 2 is 1.97 bits per heavy atom. The highest BCUT2D eigenvalue weighted by Crippen LogP contribution is 2.39. The van der Waals surface area contributed by atoms with E-state index in [2.05, 4.69) is 36.7 Å². The van der Waals surface area contributed by atoms with Crippen molar-refractivity contribution in [3.63, 3.8) is 0 Å². The van der Waals surface area contributed by atoms with Gasteiger partial charge in [0.1, 0.15) is 0 Å². The van der Waals surface area contributed by atoms with E-state index in [0.717, 1.165) is 55.5 Å². The van der Waals surface area contributed by atoms with Crippen molar-refractivity contribution < 1.29 is 9.59 Å². The van der Waals surface area contributed by atoms with Crippen LogP contribution >= 0.6 is 0 Å². The number of amides is 2. The Kier molecular flexibility index (Phi) is 6.16. The second-order valence-electron chi connectivity index (χ2n) is 9.72. The number of likely N-dealkylation sites (tertiary alicyclic amines) is 1. The van der Waals surface area contributed by atoms with E-state index in [9.17, 15) is 9.59 Å². The topological polar surface area (TPSA) is 73.5 Å². The molecule has 3 aliphatic heterocycles. The zero-order valence-electron chi connectivity index (χ0n) is 18.7. The molecule has 6 heteroatoms. The number of rotatable bonds is 3. The monoisotopic (exact) mass is 412 g/mol. The van der Waals surface area contributed by atoms with Gasteiger partial charge in [0.15, 0.2) is 0 Å². The molecule has 3 fully saturated rings. The van der Waals surface area contributed by atoms with Crippen molar-refractivity contribution in [3.05, 3.63) is 29.3 Å². The van der Waals surface area contributed by atoms with Crippen LogP contribution in [0.4, 0.5) is 5.69 Å². The molecule has 164 valence electrons. The number of aryl methyl sites for hydroxylation is 1. The number of nitrogens with zero attached hydrogens (tertiary/aromatic N) is 1. The van der Waals surface area contributed by atoms with E-state index >= 15 is 0 Å². The summed E-state index contributed by atoms with van der Waals surface area (Å²) in [6.07, 6.45) is 4.94. The minimum atomic E-state index is -0.142. The smallest absolute Gasteiger partial charge is 0.241 e. The van der Waals surface area contributed by atoms with Crippen molar-refractivity contribution in [1.29, 1.82) is 0 Å². The molecule has 3 saturated heterocycles. The van der Waals surface area contributed by atoms with Gasteiger partial charge in [-0.2, -0.15) is 0 Å². The molecule has 2 amide bonds. The van der Waals surface area contributed by atoms with Crippen LogP contribution in [0.3, 0.4) is 0 Å². The number of piperidine rings is 3. The van der Waals surface area contributed by atoms with Gasteiger partial charge in [-0.3, -0.25) is 9.59 Å². The summed E-state index contributed by atoms with van der Waals surface area (Å²) in [5.74, 6) is 0.560. The van der Waals surface area contributed by atoms with E-state index in [1.807, 2.05) is 30.1 Å². The summed E-state index contributed by atoms with van der Waals surface area (Å²) in [6, 6.07) is 7.02. The van der Waals surface area contributed by atoms with E-state index in [0.29, 0.717) is 24.0 Å². The van der Waals surface area contributed by atoms with Crippen molar-refractivity contribution in [1.82, 2.24) is 15.5 Å². The van der Waals surface area contributed by atoms with Crippen LogP contribution in [-0.4, -0.2) is 54.5 Å². The van der Waals surface area contributed by atoms with Crippen molar-refractivity contribution in [2.75, 3.05) is 18.9 Å². The van der Waals surface area contributed by atoms with Gasteiger partial charge in [-0.05, 0) is 82.1 Å². The van der Waals surface area contributed by atoms with Crippen LogP contribution in [0.1, 0.15) is 63.0 Å². The normalized spacial score (nSPS) is 34.4. The third-order valence-corrected chi connectivity index (χ3v) is 7.40. The van der Waals surface area contributed by atoms with Crippen molar-refractivity contribution in [3.8, 4) is 0 Å². The first-order valence-electron chi connectivity index (χ1n) is 11.5. The molecule has 0 aromatic heterocycles. The summed E-state index contributed by atoms with van der Waals surface area (Å²) >= 11 is 0. The predicted octanol–water partition coefficient (Wildman–Crippen LogP) is 2.78. The maximum absolute atomic E-state index is 13.3. The van der Waals surface area contributed by atoms with Gasteiger partial charge >= 0.3 is 0 Å². The van der Waals surface area contributed by atoms with Gasteiger partial charge < -0.3 is 20.9 Å². The molecule has 1 aromatic rings. The number of anilines is 1. The van der Waals surface area contributed by atoms with Crippen molar-refractivity contribution in [2.45, 2.75) is 83.0 Å². The van der Waals surface area contributed by atoms with Crippen LogP contribution in [0.5, 0.6) is 0 Å². The van der Waals surface area contributed by atoms with Gasteiger partial charge in [0.2, 0.25) is 11.8 Å². The SMILES string of the molecule is Cc1ccc(NC(=O)C2CCCC(C)N2)cc1C1CC2CNC(C)CC2N(C)C1=O. The zero-order chi connectivity index (χ0) is 21.4. The lowest BCUT2D eigenvalue weighted by atomic mass is 9.75. The number of fused-ring (bicyclic) bond motifs is 1. The number of hydrogen-bond acceptors (Lipinski definition) is 4. The van der Waals surface area contributed by atoms with Crippen molar-refractivity contribution in [2.24, 2.45) is 5.92 Å². The molecule has 4 rings (SSSR count). The minimum Gasteiger partial charge on any atom is -0.342 e. The fourth-order valence-electron chi connectivity index (χ4n) is 5.58. The van der Waals surface area contributed by atoms with Crippen molar-refractivity contribution >= 4 is 17.5 Å². The van der Waals surface area contributed by atoms with Crippen LogP contribution in [-0.2, 0) is 9.59 Å². The van der Waals surface area contributed by atoms with Crippen LogP contribution < -0.4 is 16.0 Å². The summed E-state index contributed by atoms with van der Waals surface area (Å²) in [5.41, 5.74) is 2.94. The number of benzene rings is 1. The molecule has 0 radical (unpaired) electrons. The largest absolute Gasteiger partial charge is 0.342 e. The summed E-state index contributed by atoms with van der Waals surface area (Å²) in [5, 5.41) is 10.1. The fourth-order valence-corrected chi connectivity index (χ4v) is 5.58. The molecular formula is C24H36N4O2. The number of nitrogens with one attached hydrogen (secondary N) is 3. The molecule has 1 aromatic carbocycles. The Bertz CT molecular complexity index is 810. The van der Waals surface area contributed by atoms with Gasteiger partial charge in [0.05, 0.1) is 12.0 Å². The Morgan fingerprint density at radius 3 is 2.73 bits per heavy atom. The molecule has 3 aliphatic rings. The highest BCUT2D eigenvalue weighted by molar-refractivity contribution is 5.95. The Hall–Kier alpha value is -1.92. The summed E-state index contributed by atoms with van der Waals surface area (Å²) < 4.78 is 0. The maximum Gasteiger partial charge on any atom is 0.241 e. The highest BCUT2D eigenvalue weighted by Gasteiger charge is 2.43. The minimum absolute atomic E-state index is 0.0222. The number of carbonyl (C=O) groups is 2. The fraction of sp³-hybridized carbons (Fsp3) is 0.667. The van der Waals surface area contributed by atoms with Gasteiger partial charge in [0.25, 0.3) is 0 Å². The first-order valence-corrected chi connectivity index (χ1v) is 11.5. The predicted molar refractivity (Wildman–Crippen MR) is 120 cm³/mol. The maximum atomic E-state index is 13.3. The first kappa shape index (κ1) is 21.3. The lowest BCUT2D eigenvalue weighted by Crippen LogP contribution is -2.57. The van der Waals surface area contributed by atoms with Gasteiger partial charge in [0, 0.05) is 37.4 Å². The molecule has 30 heavy (non-hydrogen) atoms. The number of likely N-dealkylation sites (N-methyl/N-ethyl adjacent to an activating group) is 1. The van der Waals surface area contributed by atoms with E-state index in [1.165, 1.54) is 0 Å².